The smallest absolute Gasteiger partial charge is 0.266 e. The van der Waals surface area contributed by atoms with E-state index < -0.39 is 0 Å². The Bertz CT molecular complexity index is 784. The average Bonchev–Trinajstić information content (AvgIpc) is 3.02. The SMILES string of the molecule is Cc1cccc(C(=O)NCc2nnc(-c3ccccn3)o2)c1. The molecule has 0 radical (unpaired) electrons. The monoisotopic (exact) mass is 294 g/mol. The molecule has 0 aliphatic rings. The van der Waals surface area contributed by atoms with E-state index in [1.165, 1.54) is 0 Å². The Morgan fingerprint density at radius 3 is 2.86 bits per heavy atom. The third-order valence-electron chi connectivity index (χ3n) is 3.03. The molecule has 0 bridgehead atoms. The maximum Gasteiger partial charge on any atom is 0.266 e. The van der Waals surface area contributed by atoms with Gasteiger partial charge >= 0.3 is 0 Å². The molecule has 22 heavy (non-hydrogen) atoms. The number of benzene rings is 1. The summed E-state index contributed by atoms with van der Waals surface area (Å²) < 4.78 is 5.48. The van der Waals surface area contributed by atoms with Gasteiger partial charge in [-0.2, -0.15) is 0 Å². The van der Waals surface area contributed by atoms with E-state index in [1.54, 1.807) is 18.3 Å². The summed E-state index contributed by atoms with van der Waals surface area (Å²) in [6.07, 6.45) is 1.65. The minimum absolute atomic E-state index is 0.173. The molecular weight excluding hydrogens is 280 g/mol. The van der Waals surface area contributed by atoms with Crippen molar-refractivity contribution >= 4 is 5.91 Å². The molecule has 110 valence electrons. The number of amides is 1. The van der Waals surface area contributed by atoms with Crippen molar-refractivity contribution in [1.82, 2.24) is 20.5 Å². The first-order chi connectivity index (χ1) is 10.7. The van der Waals surface area contributed by atoms with Crippen molar-refractivity contribution < 1.29 is 9.21 Å². The number of hydrogen-bond acceptors (Lipinski definition) is 5. The fourth-order valence-electron chi connectivity index (χ4n) is 1.96. The van der Waals surface area contributed by atoms with Gasteiger partial charge in [0.1, 0.15) is 5.69 Å². The van der Waals surface area contributed by atoms with Crippen molar-refractivity contribution in [3.8, 4) is 11.6 Å². The number of aromatic nitrogens is 3. The molecule has 0 atom stereocenters. The Labute approximate surface area is 127 Å². The molecule has 0 spiro atoms. The van der Waals surface area contributed by atoms with Gasteiger partial charge in [0.2, 0.25) is 5.89 Å². The fourth-order valence-corrected chi connectivity index (χ4v) is 1.96. The third-order valence-corrected chi connectivity index (χ3v) is 3.03. The second-order valence-corrected chi connectivity index (χ2v) is 4.77. The normalized spacial score (nSPS) is 10.4. The molecule has 0 aliphatic carbocycles. The van der Waals surface area contributed by atoms with E-state index in [4.69, 9.17) is 4.42 Å². The Balaban J connectivity index is 1.65. The summed E-state index contributed by atoms with van der Waals surface area (Å²) in [5.74, 6) is 0.489. The van der Waals surface area contributed by atoms with Crippen LogP contribution in [-0.2, 0) is 6.54 Å². The van der Waals surface area contributed by atoms with Crippen LogP contribution in [0.15, 0.2) is 53.1 Å². The van der Waals surface area contributed by atoms with Gasteiger partial charge in [0, 0.05) is 11.8 Å². The molecule has 0 saturated heterocycles. The first kappa shape index (κ1) is 13.9. The van der Waals surface area contributed by atoms with Crippen LogP contribution < -0.4 is 5.32 Å². The average molecular weight is 294 g/mol. The molecule has 1 N–H and O–H groups in total. The van der Waals surface area contributed by atoms with Crippen molar-refractivity contribution in [1.29, 1.82) is 0 Å². The van der Waals surface area contributed by atoms with Gasteiger partial charge in [-0.3, -0.25) is 9.78 Å². The van der Waals surface area contributed by atoms with Gasteiger partial charge in [-0.15, -0.1) is 10.2 Å². The standard InChI is InChI=1S/C16H14N4O2/c1-11-5-4-6-12(9-11)15(21)18-10-14-19-20-16(22-14)13-7-2-3-8-17-13/h2-9H,10H2,1H3,(H,18,21). The highest BCUT2D eigenvalue weighted by molar-refractivity contribution is 5.94. The molecule has 0 fully saturated rings. The number of nitrogens with one attached hydrogen (secondary N) is 1. The summed E-state index contributed by atoms with van der Waals surface area (Å²) in [6.45, 7) is 2.11. The minimum Gasteiger partial charge on any atom is -0.417 e. The Kier molecular flexibility index (Phi) is 3.91. The number of hydrogen-bond donors (Lipinski definition) is 1. The molecule has 6 heteroatoms. The molecule has 3 aromatic rings. The topological polar surface area (TPSA) is 80.9 Å². The lowest BCUT2D eigenvalue weighted by molar-refractivity contribution is 0.0947. The van der Waals surface area contributed by atoms with E-state index in [0.717, 1.165) is 5.56 Å². The van der Waals surface area contributed by atoms with Gasteiger partial charge < -0.3 is 9.73 Å². The quantitative estimate of drug-likeness (QED) is 0.799. The first-order valence-corrected chi connectivity index (χ1v) is 6.81. The van der Waals surface area contributed by atoms with Crippen LogP contribution in [0.3, 0.4) is 0 Å². The summed E-state index contributed by atoms with van der Waals surface area (Å²) in [5.41, 5.74) is 2.23. The number of rotatable bonds is 4. The summed E-state index contributed by atoms with van der Waals surface area (Å²) in [6, 6.07) is 12.8. The molecular formula is C16H14N4O2. The van der Waals surface area contributed by atoms with E-state index in [0.29, 0.717) is 23.0 Å². The third kappa shape index (κ3) is 3.17. The molecule has 0 aliphatic heterocycles. The number of pyridine rings is 1. The van der Waals surface area contributed by atoms with Crippen LogP contribution in [0.25, 0.3) is 11.6 Å². The van der Waals surface area contributed by atoms with E-state index in [-0.39, 0.29) is 12.5 Å². The first-order valence-electron chi connectivity index (χ1n) is 6.81. The highest BCUT2D eigenvalue weighted by Gasteiger charge is 2.11. The van der Waals surface area contributed by atoms with Gasteiger partial charge in [-0.25, -0.2) is 0 Å². The summed E-state index contributed by atoms with van der Waals surface area (Å²) in [5, 5.41) is 10.6. The molecule has 0 unspecified atom stereocenters. The highest BCUT2D eigenvalue weighted by atomic mass is 16.4. The van der Waals surface area contributed by atoms with Crippen LogP contribution in [-0.4, -0.2) is 21.1 Å². The van der Waals surface area contributed by atoms with Crippen molar-refractivity contribution in [2.24, 2.45) is 0 Å². The summed E-state index contributed by atoms with van der Waals surface area (Å²) in [7, 11) is 0. The van der Waals surface area contributed by atoms with Crippen LogP contribution in [0.5, 0.6) is 0 Å². The van der Waals surface area contributed by atoms with Crippen LogP contribution in [0.2, 0.25) is 0 Å². The molecule has 0 saturated carbocycles. The van der Waals surface area contributed by atoms with Crippen LogP contribution in [0.4, 0.5) is 0 Å². The zero-order valence-corrected chi connectivity index (χ0v) is 12.0. The van der Waals surface area contributed by atoms with Crippen molar-refractivity contribution in [3.63, 3.8) is 0 Å². The van der Waals surface area contributed by atoms with Crippen LogP contribution in [0, 0.1) is 6.92 Å². The summed E-state index contributed by atoms with van der Waals surface area (Å²) >= 11 is 0. The zero-order valence-electron chi connectivity index (χ0n) is 12.0. The van der Waals surface area contributed by atoms with Gasteiger partial charge in [0.05, 0.1) is 6.54 Å². The van der Waals surface area contributed by atoms with Crippen LogP contribution >= 0.6 is 0 Å². The largest absolute Gasteiger partial charge is 0.417 e. The van der Waals surface area contributed by atoms with Crippen molar-refractivity contribution in [2.45, 2.75) is 13.5 Å². The predicted octanol–water partition coefficient (Wildman–Crippen LogP) is 2.37. The maximum absolute atomic E-state index is 12.0. The number of carbonyl (C=O) groups excluding carboxylic acids is 1. The molecule has 2 aromatic heterocycles. The predicted molar refractivity (Wildman–Crippen MR) is 79.9 cm³/mol. The Morgan fingerprint density at radius 2 is 2.09 bits per heavy atom. The molecule has 6 nitrogen and oxygen atoms in total. The van der Waals surface area contributed by atoms with Crippen molar-refractivity contribution in [3.05, 3.63) is 65.7 Å². The highest BCUT2D eigenvalue weighted by Crippen LogP contribution is 2.14. The lowest BCUT2D eigenvalue weighted by Gasteiger charge is -2.03. The fraction of sp³-hybridized carbons (Fsp3) is 0.125. The maximum atomic E-state index is 12.0. The molecule has 3 rings (SSSR count). The minimum atomic E-state index is -0.179. The van der Waals surface area contributed by atoms with E-state index in [9.17, 15) is 4.79 Å². The molecule has 2 heterocycles. The van der Waals surface area contributed by atoms with E-state index in [2.05, 4.69) is 20.5 Å². The Hall–Kier alpha value is -3.02. The van der Waals surface area contributed by atoms with Gasteiger partial charge in [-0.1, -0.05) is 23.8 Å². The summed E-state index contributed by atoms with van der Waals surface area (Å²) in [4.78, 5) is 16.2. The van der Waals surface area contributed by atoms with E-state index in [1.807, 2.05) is 37.3 Å². The van der Waals surface area contributed by atoms with E-state index >= 15 is 0 Å². The zero-order chi connectivity index (χ0) is 15.4. The number of nitrogens with zero attached hydrogens (tertiary/aromatic N) is 3. The van der Waals surface area contributed by atoms with Crippen LogP contribution in [0.1, 0.15) is 21.8 Å². The van der Waals surface area contributed by atoms with Gasteiger partial charge in [0.15, 0.2) is 0 Å². The number of carbonyl (C=O) groups is 1. The van der Waals surface area contributed by atoms with Gasteiger partial charge in [0.25, 0.3) is 11.8 Å². The second-order valence-electron chi connectivity index (χ2n) is 4.77. The second kappa shape index (κ2) is 6.17. The Morgan fingerprint density at radius 1 is 1.18 bits per heavy atom. The molecule has 1 aromatic carbocycles. The molecule has 1 amide bonds. The number of aryl methyl sites for hydroxylation is 1. The lowest BCUT2D eigenvalue weighted by atomic mass is 10.1. The van der Waals surface area contributed by atoms with Crippen molar-refractivity contribution in [2.75, 3.05) is 0 Å². The lowest BCUT2D eigenvalue weighted by Crippen LogP contribution is -2.22. The van der Waals surface area contributed by atoms with Gasteiger partial charge in [-0.05, 0) is 31.2 Å².